The number of carbonyl (C=O) groups excluding carboxylic acids is 1. The van der Waals surface area contributed by atoms with Crippen LogP contribution in [-0.4, -0.2) is 51.2 Å². The number of pyridine rings is 1. The van der Waals surface area contributed by atoms with Gasteiger partial charge >= 0.3 is 0 Å². The van der Waals surface area contributed by atoms with Crippen molar-refractivity contribution in [2.45, 2.75) is 26.4 Å². The highest BCUT2D eigenvalue weighted by Gasteiger charge is 2.36. The monoisotopic (exact) mass is 390 g/mol. The van der Waals surface area contributed by atoms with Crippen molar-refractivity contribution in [3.05, 3.63) is 60.0 Å². The Balaban J connectivity index is 1.66. The van der Waals surface area contributed by atoms with Gasteiger partial charge in [0.05, 0.1) is 18.2 Å². The first-order chi connectivity index (χ1) is 14.0. The first-order valence-electron chi connectivity index (χ1n) is 9.90. The van der Waals surface area contributed by atoms with Crippen molar-refractivity contribution in [3.63, 3.8) is 0 Å². The summed E-state index contributed by atoms with van der Waals surface area (Å²) in [7, 11) is 3.86. The summed E-state index contributed by atoms with van der Waals surface area (Å²) in [5.74, 6) is 2.57. The van der Waals surface area contributed by atoms with Gasteiger partial charge in [0.1, 0.15) is 5.82 Å². The van der Waals surface area contributed by atoms with Crippen molar-refractivity contribution in [2.24, 2.45) is 5.92 Å². The second kappa shape index (κ2) is 7.66. The number of amides is 1. The molecule has 150 valence electrons. The zero-order chi connectivity index (χ0) is 20.5. The van der Waals surface area contributed by atoms with Gasteiger partial charge in [-0.2, -0.15) is 5.10 Å². The first-order valence-corrected chi connectivity index (χ1v) is 9.90. The van der Waals surface area contributed by atoms with Crippen molar-refractivity contribution >= 4 is 11.7 Å². The number of hydrogen-bond acceptors (Lipinski definition) is 5. The standard InChI is InChI=1S/C22H26N6O/c1-15(2)19-21-24-20(16-8-6-5-7-9-16)25-28(21)13-12-27(19)22(29)17-10-11-18(23-14-17)26(3)4/h5-11,14-15,19H,12-13H2,1-4H3/t19-/m0/s1. The highest BCUT2D eigenvalue weighted by molar-refractivity contribution is 5.94. The minimum absolute atomic E-state index is 0.0167. The van der Waals surface area contributed by atoms with E-state index in [0.717, 1.165) is 17.2 Å². The van der Waals surface area contributed by atoms with Crippen LogP contribution in [0.25, 0.3) is 11.4 Å². The Labute approximate surface area is 171 Å². The van der Waals surface area contributed by atoms with Crippen LogP contribution in [0.4, 0.5) is 5.82 Å². The molecule has 0 bridgehead atoms. The fraction of sp³-hybridized carbons (Fsp3) is 0.364. The van der Waals surface area contributed by atoms with E-state index in [2.05, 4.69) is 18.8 Å². The molecule has 1 amide bonds. The highest BCUT2D eigenvalue weighted by atomic mass is 16.2. The van der Waals surface area contributed by atoms with E-state index in [0.29, 0.717) is 24.5 Å². The highest BCUT2D eigenvalue weighted by Crippen LogP contribution is 2.33. The van der Waals surface area contributed by atoms with Gasteiger partial charge in [0.15, 0.2) is 11.6 Å². The van der Waals surface area contributed by atoms with Crippen LogP contribution >= 0.6 is 0 Å². The number of rotatable bonds is 4. The van der Waals surface area contributed by atoms with Crippen LogP contribution in [0.1, 0.15) is 36.1 Å². The van der Waals surface area contributed by atoms with E-state index in [9.17, 15) is 4.79 Å². The summed E-state index contributed by atoms with van der Waals surface area (Å²) in [5.41, 5.74) is 1.58. The van der Waals surface area contributed by atoms with Crippen molar-refractivity contribution in [3.8, 4) is 11.4 Å². The van der Waals surface area contributed by atoms with Crippen LogP contribution in [0.5, 0.6) is 0 Å². The largest absolute Gasteiger partial charge is 0.363 e. The van der Waals surface area contributed by atoms with Gasteiger partial charge in [-0.15, -0.1) is 0 Å². The summed E-state index contributed by atoms with van der Waals surface area (Å²) in [6.45, 7) is 5.46. The van der Waals surface area contributed by atoms with Gasteiger partial charge in [-0.05, 0) is 18.1 Å². The Hall–Kier alpha value is -3.22. The summed E-state index contributed by atoms with van der Waals surface area (Å²) >= 11 is 0. The maximum Gasteiger partial charge on any atom is 0.256 e. The normalized spacial score (nSPS) is 16.0. The number of hydrogen-bond donors (Lipinski definition) is 0. The molecule has 1 atom stereocenters. The summed E-state index contributed by atoms with van der Waals surface area (Å²) in [6.07, 6.45) is 1.66. The molecule has 0 aliphatic carbocycles. The third-order valence-electron chi connectivity index (χ3n) is 5.23. The minimum Gasteiger partial charge on any atom is -0.363 e. The van der Waals surface area contributed by atoms with Crippen molar-refractivity contribution < 1.29 is 4.79 Å². The molecule has 0 saturated carbocycles. The van der Waals surface area contributed by atoms with Gasteiger partial charge in [-0.1, -0.05) is 44.2 Å². The predicted octanol–water partition coefficient (Wildman–Crippen LogP) is 3.26. The van der Waals surface area contributed by atoms with Gasteiger partial charge < -0.3 is 9.80 Å². The molecule has 7 nitrogen and oxygen atoms in total. The molecule has 0 saturated heterocycles. The van der Waals surface area contributed by atoms with E-state index >= 15 is 0 Å². The maximum absolute atomic E-state index is 13.3. The second-order valence-electron chi connectivity index (χ2n) is 7.87. The molecule has 1 aromatic carbocycles. The first kappa shape index (κ1) is 19.1. The van der Waals surface area contributed by atoms with E-state index < -0.39 is 0 Å². The lowest BCUT2D eigenvalue weighted by atomic mass is 9.99. The zero-order valence-corrected chi connectivity index (χ0v) is 17.3. The Morgan fingerprint density at radius 1 is 1.10 bits per heavy atom. The summed E-state index contributed by atoms with van der Waals surface area (Å²) in [4.78, 5) is 26.3. The van der Waals surface area contributed by atoms with E-state index in [4.69, 9.17) is 10.1 Å². The van der Waals surface area contributed by atoms with E-state index in [1.54, 1.807) is 6.20 Å². The van der Waals surface area contributed by atoms with Crippen LogP contribution < -0.4 is 4.90 Å². The molecule has 1 aliphatic rings. The lowest BCUT2D eigenvalue weighted by molar-refractivity contribution is 0.0536. The summed E-state index contributed by atoms with van der Waals surface area (Å²) in [6, 6.07) is 13.5. The molecular weight excluding hydrogens is 364 g/mol. The Kier molecular flexibility index (Phi) is 5.05. The second-order valence-corrected chi connectivity index (χ2v) is 7.87. The van der Waals surface area contributed by atoms with E-state index in [-0.39, 0.29) is 17.9 Å². The molecule has 3 aromatic rings. The van der Waals surface area contributed by atoms with Crippen LogP contribution in [0.2, 0.25) is 0 Å². The van der Waals surface area contributed by atoms with Gasteiger partial charge in [0, 0.05) is 32.4 Å². The molecule has 7 heteroatoms. The lowest BCUT2D eigenvalue weighted by Gasteiger charge is -2.37. The smallest absolute Gasteiger partial charge is 0.256 e. The summed E-state index contributed by atoms with van der Waals surface area (Å²) < 4.78 is 1.95. The third-order valence-corrected chi connectivity index (χ3v) is 5.23. The average molecular weight is 390 g/mol. The molecule has 29 heavy (non-hydrogen) atoms. The zero-order valence-electron chi connectivity index (χ0n) is 17.3. The van der Waals surface area contributed by atoms with Crippen molar-refractivity contribution in [1.29, 1.82) is 0 Å². The number of nitrogens with zero attached hydrogens (tertiary/aromatic N) is 6. The van der Waals surface area contributed by atoms with Crippen LogP contribution in [-0.2, 0) is 6.54 Å². The Morgan fingerprint density at radius 2 is 1.86 bits per heavy atom. The number of anilines is 1. The molecule has 3 heterocycles. The van der Waals surface area contributed by atoms with Crippen molar-refractivity contribution in [2.75, 3.05) is 25.5 Å². The molecule has 0 unspecified atom stereocenters. The van der Waals surface area contributed by atoms with Crippen LogP contribution in [0.3, 0.4) is 0 Å². The molecule has 0 spiro atoms. The number of benzene rings is 1. The van der Waals surface area contributed by atoms with Gasteiger partial charge in [0.25, 0.3) is 5.91 Å². The fourth-order valence-corrected chi connectivity index (χ4v) is 3.76. The minimum atomic E-state index is -0.130. The van der Waals surface area contributed by atoms with Crippen LogP contribution in [0.15, 0.2) is 48.7 Å². The lowest BCUT2D eigenvalue weighted by Crippen LogP contribution is -2.44. The molecule has 2 aromatic heterocycles. The number of fused-ring (bicyclic) bond motifs is 1. The van der Waals surface area contributed by atoms with E-state index in [1.165, 1.54) is 0 Å². The Bertz CT molecular complexity index is 994. The molecular formula is C22H26N6O. The average Bonchev–Trinajstić information content (AvgIpc) is 3.17. The topological polar surface area (TPSA) is 67.2 Å². The predicted molar refractivity (Wildman–Crippen MR) is 113 cm³/mol. The van der Waals surface area contributed by atoms with Gasteiger partial charge in [-0.25, -0.2) is 14.6 Å². The number of aromatic nitrogens is 4. The quantitative estimate of drug-likeness (QED) is 0.684. The van der Waals surface area contributed by atoms with Crippen LogP contribution in [0, 0.1) is 5.92 Å². The third kappa shape index (κ3) is 3.60. The molecule has 0 radical (unpaired) electrons. The molecule has 0 N–H and O–H groups in total. The van der Waals surface area contributed by atoms with Gasteiger partial charge in [-0.3, -0.25) is 4.79 Å². The number of carbonyl (C=O) groups is 1. The van der Waals surface area contributed by atoms with Crippen molar-refractivity contribution in [1.82, 2.24) is 24.6 Å². The summed E-state index contributed by atoms with van der Waals surface area (Å²) in [5, 5.41) is 4.70. The SMILES string of the molecule is CC(C)[C@H]1c2nc(-c3ccccc3)nn2CCN1C(=O)c1ccc(N(C)C)nc1. The maximum atomic E-state index is 13.3. The van der Waals surface area contributed by atoms with Gasteiger partial charge in [0.2, 0.25) is 0 Å². The molecule has 4 rings (SSSR count). The Morgan fingerprint density at radius 3 is 2.48 bits per heavy atom. The molecule has 0 fully saturated rings. The molecule has 1 aliphatic heterocycles. The fourth-order valence-electron chi connectivity index (χ4n) is 3.76. The van der Waals surface area contributed by atoms with E-state index in [1.807, 2.05) is 71.0 Å².